The molecule has 0 heterocycles. The highest BCUT2D eigenvalue weighted by Gasteiger charge is 2.40. The average Bonchev–Trinajstić information content (AvgIpc) is 2.65. The summed E-state index contributed by atoms with van der Waals surface area (Å²) in [6, 6.07) is 12.3. The summed E-state index contributed by atoms with van der Waals surface area (Å²) in [5, 5.41) is 8.76. The quantitative estimate of drug-likeness (QED) is 0.530. The Morgan fingerprint density at radius 2 is 1.67 bits per heavy atom. The summed E-state index contributed by atoms with van der Waals surface area (Å²) in [4.78, 5) is 10.7. The highest BCUT2D eigenvalue weighted by molar-refractivity contribution is 7.92. The molecule has 2 aromatic rings. The Bertz CT molecular complexity index is 991. The molecule has 0 amide bonds. The van der Waals surface area contributed by atoms with Gasteiger partial charge in [0.1, 0.15) is 6.04 Å². The van der Waals surface area contributed by atoms with Gasteiger partial charge >= 0.3 is 12.1 Å². The monoisotopic (exact) mass is 442 g/mol. The van der Waals surface area contributed by atoms with E-state index in [1.165, 1.54) is 12.1 Å². The van der Waals surface area contributed by atoms with Gasteiger partial charge in [0.05, 0.1) is 5.92 Å². The molecular weight excluding hydrogens is 417 g/mol. The van der Waals surface area contributed by atoms with Gasteiger partial charge < -0.3 is 10.8 Å². The molecule has 0 aliphatic heterocycles. The van der Waals surface area contributed by atoms with Gasteiger partial charge in [-0.15, -0.1) is 0 Å². The lowest BCUT2D eigenvalue weighted by molar-refractivity contribution is -0.150. The normalized spacial score (nSPS) is 15.9. The van der Waals surface area contributed by atoms with Crippen molar-refractivity contribution in [3.8, 4) is 11.1 Å². The van der Waals surface area contributed by atoms with Crippen LogP contribution in [0.15, 0.2) is 48.5 Å². The Labute approximate surface area is 174 Å². The first-order valence-corrected chi connectivity index (χ1v) is 11.2. The molecule has 4 N–H and O–H groups in total. The lowest BCUT2D eigenvalue weighted by Gasteiger charge is -2.22. The van der Waals surface area contributed by atoms with Crippen molar-refractivity contribution < 1.29 is 27.3 Å². The molecule has 0 aliphatic rings. The van der Waals surface area contributed by atoms with E-state index in [4.69, 9.17) is 15.6 Å². The lowest BCUT2D eigenvalue weighted by Crippen LogP contribution is -2.32. The van der Waals surface area contributed by atoms with Crippen LogP contribution < -0.4 is 5.73 Å². The zero-order valence-electron chi connectivity index (χ0n) is 16.5. The second-order valence-electron chi connectivity index (χ2n) is 7.33. The number of benzene rings is 2. The Morgan fingerprint density at radius 3 is 2.23 bits per heavy atom. The molecule has 2 aromatic carbocycles. The molecule has 0 radical (unpaired) electrons. The van der Waals surface area contributed by atoms with Crippen LogP contribution in [0, 0.1) is 11.7 Å². The number of hydrogen-bond donors (Lipinski definition) is 3. The maximum absolute atomic E-state index is 13.7. The molecule has 30 heavy (non-hydrogen) atoms. The molecule has 3 atom stereocenters. The standard InChI is InChI=1S/C21H25F3N2O3S/c1-14-4-2-5-15(12-14)16-6-3-7-17(13-16)18(21(22,23)24)8-10-30(26,29)11-9-19(25)20(27)28/h2-7,12-13,18-19,26H,8-11,25H2,1H3,(H,27,28)/t18?,19-,30?/m0/s1. The van der Waals surface area contributed by atoms with E-state index in [1.54, 1.807) is 12.1 Å². The smallest absolute Gasteiger partial charge is 0.395 e. The summed E-state index contributed by atoms with van der Waals surface area (Å²) in [6.45, 7) is 1.90. The Hall–Kier alpha value is -2.39. The van der Waals surface area contributed by atoms with E-state index < -0.39 is 46.0 Å². The molecule has 0 aliphatic carbocycles. The Kier molecular flexibility index (Phi) is 7.65. The molecule has 0 aromatic heterocycles. The first-order valence-electron chi connectivity index (χ1n) is 9.35. The van der Waals surface area contributed by atoms with Crippen LogP contribution in [0.4, 0.5) is 13.2 Å². The fourth-order valence-electron chi connectivity index (χ4n) is 3.13. The summed E-state index contributed by atoms with van der Waals surface area (Å²) in [7, 11) is -3.38. The number of aliphatic carboxylic acids is 1. The highest BCUT2D eigenvalue weighted by Crippen LogP contribution is 2.39. The predicted molar refractivity (Wildman–Crippen MR) is 111 cm³/mol. The van der Waals surface area contributed by atoms with Crippen molar-refractivity contribution in [2.24, 2.45) is 5.73 Å². The molecule has 2 rings (SSSR count). The van der Waals surface area contributed by atoms with Crippen LogP contribution in [-0.2, 0) is 14.5 Å². The largest absolute Gasteiger partial charge is 0.480 e. The number of nitrogens with one attached hydrogen (secondary N) is 1. The number of carboxylic acids is 1. The molecule has 5 nitrogen and oxygen atoms in total. The Balaban J connectivity index is 2.21. The molecular formula is C21H25F3N2O3S. The van der Waals surface area contributed by atoms with Crippen molar-refractivity contribution in [1.82, 2.24) is 0 Å². The van der Waals surface area contributed by atoms with Crippen molar-refractivity contribution in [3.05, 3.63) is 59.7 Å². The van der Waals surface area contributed by atoms with E-state index in [2.05, 4.69) is 0 Å². The fraction of sp³-hybridized carbons (Fsp3) is 0.381. The van der Waals surface area contributed by atoms with Crippen LogP contribution >= 0.6 is 0 Å². The van der Waals surface area contributed by atoms with E-state index in [0.717, 1.165) is 11.1 Å². The number of carboxylic acid groups (broad SMARTS) is 1. The van der Waals surface area contributed by atoms with Gasteiger partial charge in [-0.2, -0.15) is 13.2 Å². The van der Waals surface area contributed by atoms with Gasteiger partial charge in [0.2, 0.25) is 0 Å². The number of halogens is 3. The van der Waals surface area contributed by atoms with Crippen molar-refractivity contribution in [2.45, 2.75) is 37.9 Å². The number of alkyl halides is 3. The predicted octanol–water partition coefficient (Wildman–Crippen LogP) is 4.55. The first kappa shape index (κ1) is 23.9. The van der Waals surface area contributed by atoms with E-state index in [0.29, 0.717) is 5.56 Å². The van der Waals surface area contributed by atoms with Gasteiger partial charge in [-0.25, -0.2) is 4.21 Å². The average molecular weight is 443 g/mol. The number of aryl methyl sites for hydroxylation is 1. The summed E-state index contributed by atoms with van der Waals surface area (Å²) in [5.74, 6) is -4.01. The molecule has 0 bridgehead atoms. The molecule has 164 valence electrons. The second kappa shape index (κ2) is 9.61. The van der Waals surface area contributed by atoms with Crippen molar-refractivity contribution in [2.75, 3.05) is 11.5 Å². The van der Waals surface area contributed by atoms with E-state index in [-0.39, 0.29) is 17.7 Å². The molecule has 0 saturated heterocycles. The number of hydrogen-bond acceptors (Lipinski definition) is 4. The van der Waals surface area contributed by atoms with Gasteiger partial charge in [0.25, 0.3) is 0 Å². The summed E-state index contributed by atoms with van der Waals surface area (Å²) >= 11 is 0. The summed E-state index contributed by atoms with van der Waals surface area (Å²) in [6.07, 6.45) is -5.32. The highest BCUT2D eigenvalue weighted by atomic mass is 32.2. The molecule has 0 fully saturated rings. The minimum atomic E-state index is -4.57. The molecule has 0 spiro atoms. The van der Waals surface area contributed by atoms with E-state index in [9.17, 15) is 22.2 Å². The van der Waals surface area contributed by atoms with Gasteiger partial charge in [-0.05, 0) is 36.5 Å². The van der Waals surface area contributed by atoms with Gasteiger partial charge in [0.15, 0.2) is 0 Å². The Morgan fingerprint density at radius 1 is 1.10 bits per heavy atom. The SMILES string of the molecule is Cc1cccc(-c2cccc(C(CCS(=N)(=O)CC[C@H](N)C(=O)O)C(F)(F)F)c2)c1. The van der Waals surface area contributed by atoms with Crippen molar-refractivity contribution >= 4 is 15.7 Å². The first-order chi connectivity index (χ1) is 13.9. The number of rotatable bonds is 9. The van der Waals surface area contributed by atoms with Crippen molar-refractivity contribution in [3.63, 3.8) is 0 Å². The number of nitrogens with two attached hydrogens (primary N) is 1. The number of carbonyl (C=O) groups is 1. The third-order valence-electron chi connectivity index (χ3n) is 4.85. The van der Waals surface area contributed by atoms with E-state index >= 15 is 0 Å². The van der Waals surface area contributed by atoms with Gasteiger partial charge in [-0.3, -0.25) is 9.57 Å². The minimum Gasteiger partial charge on any atom is -0.480 e. The zero-order valence-corrected chi connectivity index (χ0v) is 17.3. The summed E-state index contributed by atoms with van der Waals surface area (Å²) in [5.41, 5.74) is 7.80. The van der Waals surface area contributed by atoms with Gasteiger partial charge in [-0.1, -0.05) is 54.1 Å². The fourth-order valence-corrected chi connectivity index (χ4v) is 4.59. The zero-order chi connectivity index (χ0) is 22.5. The van der Waals surface area contributed by atoms with Crippen LogP contribution in [-0.4, -0.2) is 39.0 Å². The maximum atomic E-state index is 13.7. The molecule has 2 unspecified atom stereocenters. The van der Waals surface area contributed by atoms with Crippen LogP contribution in [0.2, 0.25) is 0 Å². The minimum absolute atomic E-state index is 0.0407. The lowest BCUT2D eigenvalue weighted by atomic mass is 9.92. The maximum Gasteiger partial charge on any atom is 0.395 e. The van der Waals surface area contributed by atoms with Crippen LogP contribution in [0.25, 0.3) is 11.1 Å². The summed E-state index contributed by atoms with van der Waals surface area (Å²) < 4.78 is 61.4. The second-order valence-corrected chi connectivity index (χ2v) is 9.77. The van der Waals surface area contributed by atoms with Gasteiger partial charge in [0, 0.05) is 21.2 Å². The van der Waals surface area contributed by atoms with Crippen LogP contribution in [0.1, 0.15) is 29.9 Å². The van der Waals surface area contributed by atoms with Crippen molar-refractivity contribution in [1.29, 1.82) is 4.78 Å². The van der Waals surface area contributed by atoms with E-state index in [1.807, 2.05) is 31.2 Å². The third-order valence-corrected chi connectivity index (χ3v) is 6.64. The van der Waals surface area contributed by atoms with Crippen LogP contribution in [0.3, 0.4) is 0 Å². The van der Waals surface area contributed by atoms with Crippen LogP contribution in [0.5, 0.6) is 0 Å². The molecule has 0 saturated carbocycles. The molecule has 9 heteroatoms. The third kappa shape index (κ3) is 6.84. The topological polar surface area (TPSA) is 104 Å².